The summed E-state index contributed by atoms with van der Waals surface area (Å²) in [5, 5.41) is 0. The molecule has 16 heavy (non-hydrogen) atoms. The van der Waals surface area contributed by atoms with E-state index in [0.29, 0.717) is 5.88 Å². The molecule has 1 heterocycles. The van der Waals surface area contributed by atoms with E-state index in [1.807, 2.05) is 30.3 Å². The quantitative estimate of drug-likeness (QED) is 0.732. The van der Waals surface area contributed by atoms with E-state index in [1.165, 1.54) is 0 Å². The van der Waals surface area contributed by atoms with Crippen LogP contribution >= 0.6 is 11.6 Å². The summed E-state index contributed by atoms with van der Waals surface area (Å²) in [7, 11) is 1.74. The first-order chi connectivity index (χ1) is 7.70. The van der Waals surface area contributed by atoms with E-state index in [2.05, 4.69) is 0 Å². The monoisotopic (exact) mass is 233 g/mol. The lowest BCUT2D eigenvalue weighted by Gasteiger charge is -2.03. The van der Waals surface area contributed by atoms with E-state index < -0.39 is 0 Å². The van der Waals surface area contributed by atoms with Crippen LogP contribution in [0.1, 0.15) is 5.56 Å². The van der Waals surface area contributed by atoms with Crippen molar-refractivity contribution in [2.75, 3.05) is 0 Å². The topological polar surface area (TPSA) is 22.0 Å². The molecule has 0 saturated carbocycles. The van der Waals surface area contributed by atoms with Crippen molar-refractivity contribution in [3.05, 3.63) is 58.5 Å². The standard InChI is InChI=1S/C13H12ClNO/c1-15-7-6-12(8-13(15)16)11-4-2-10(9-14)3-5-11/h2-8H,9H2,1H3. The van der Waals surface area contributed by atoms with Crippen LogP contribution in [0.5, 0.6) is 0 Å². The first-order valence-electron chi connectivity index (χ1n) is 5.02. The zero-order valence-electron chi connectivity index (χ0n) is 8.98. The fourth-order valence-corrected chi connectivity index (χ4v) is 1.69. The van der Waals surface area contributed by atoms with Gasteiger partial charge in [-0.1, -0.05) is 24.3 Å². The molecule has 0 atom stereocenters. The number of hydrogen-bond acceptors (Lipinski definition) is 1. The summed E-state index contributed by atoms with van der Waals surface area (Å²) in [6, 6.07) is 11.5. The minimum atomic E-state index is -0.00100. The van der Waals surface area contributed by atoms with Crippen molar-refractivity contribution in [2.24, 2.45) is 7.05 Å². The van der Waals surface area contributed by atoms with Gasteiger partial charge in [0.1, 0.15) is 0 Å². The van der Waals surface area contributed by atoms with E-state index in [1.54, 1.807) is 23.9 Å². The number of pyridine rings is 1. The number of benzene rings is 1. The maximum Gasteiger partial charge on any atom is 0.250 e. The first-order valence-corrected chi connectivity index (χ1v) is 5.56. The third-order valence-corrected chi connectivity index (χ3v) is 2.85. The molecule has 2 nitrogen and oxygen atoms in total. The summed E-state index contributed by atoms with van der Waals surface area (Å²) in [4.78, 5) is 11.5. The Labute approximate surface area is 99.1 Å². The van der Waals surface area contributed by atoms with Gasteiger partial charge in [0.15, 0.2) is 0 Å². The lowest BCUT2D eigenvalue weighted by molar-refractivity contribution is 0.861. The average Bonchev–Trinajstić information content (AvgIpc) is 2.33. The Balaban J connectivity index is 2.42. The summed E-state index contributed by atoms with van der Waals surface area (Å²) in [5.74, 6) is 0.511. The van der Waals surface area contributed by atoms with Crippen LogP contribution in [0.15, 0.2) is 47.4 Å². The van der Waals surface area contributed by atoms with Gasteiger partial charge in [-0.2, -0.15) is 0 Å². The van der Waals surface area contributed by atoms with E-state index in [4.69, 9.17) is 11.6 Å². The minimum absolute atomic E-state index is 0.00100. The van der Waals surface area contributed by atoms with E-state index in [-0.39, 0.29) is 5.56 Å². The molecule has 0 N–H and O–H groups in total. The second-order valence-electron chi connectivity index (χ2n) is 3.70. The lowest BCUT2D eigenvalue weighted by Crippen LogP contribution is -2.13. The van der Waals surface area contributed by atoms with Gasteiger partial charge >= 0.3 is 0 Å². The van der Waals surface area contributed by atoms with E-state index in [0.717, 1.165) is 16.7 Å². The summed E-state index contributed by atoms with van der Waals surface area (Å²) < 4.78 is 1.55. The number of aryl methyl sites for hydroxylation is 1. The Morgan fingerprint density at radius 2 is 1.81 bits per heavy atom. The highest BCUT2D eigenvalue weighted by molar-refractivity contribution is 6.17. The van der Waals surface area contributed by atoms with Crippen molar-refractivity contribution in [2.45, 2.75) is 5.88 Å². The Bertz CT molecular complexity index is 543. The highest BCUT2D eigenvalue weighted by Crippen LogP contribution is 2.18. The molecule has 0 spiro atoms. The number of hydrogen-bond donors (Lipinski definition) is 0. The number of nitrogens with zero attached hydrogens (tertiary/aromatic N) is 1. The normalized spacial score (nSPS) is 10.4. The molecule has 3 heteroatoms. The van der Waals surface area contributed by atoms with Crippen LogP contribution in [0.4, 0.5) is 0 Å². The van der Waals surface area contributed by atoms with Gasteiger partial charge in [-0.15, -0.1) is 11.6 Å². The predicted octanol–water partition coefficient (Wildman–Crippen LogP) is 2.79. The molecule has 0 amide bonds. The van der Waals surface area contributed by atoms with Crippen molar-refractivity contribution in [3.63, 3.8) is 0 Å². The van der Waals surface area contributed by atoms with Gasteiger partial charge in [0.05, 0.1) is 0 Å². The number of halogens is 1. The third kappa shape index (κ3) is 2.17. The highest BCUT2D eigenvalue weighted by Gasteiger charge is 1.99. The van der Waals surface area contributed by atoms with Gasteiger partial charge in [-0.25, -0.2) is 0 Å². The number of rotatable bonds is 2. The van der Waals surface area contributed by atoms with Gasteiger partial charge < -0.3 is 4.57 Å². The van der Waals surface area contributed by atoms with Crippen molar-refractivity contribution >= 4 is 11.6 Å². The molecule has 1 aromatic carbocycles. The van der Waals surface area contributed by atoms with Crippen LogP contribution in [0, 0.1) is 0 Å². The molecule has 0 radical (unpaired) electrons. The second-order valence-corrected chi connectivity index (χ2v) is 3.96. The molecule has 1 aromatic heterocycles. The fourth-order valence-electron chi connectivity index (χ4n) is 1.51. The number of aromatic nitrogens is 1. The molecule has 0 aliphatic heterocycles. The van der Waals surface area contributed by atoms with Gasteiger partial charge in [-0.05, 0) is 22.8 Å². The van der Waals surface area contributed by atoms with Gasteiger partial charge in [0, 0.05) is 25.2 Å². The second kappa shape index (κ2) is 4.54. The van der Waals surface area contributed by atoms with E-state index >= 15 is 0 Å². The molecule has 2 rings (SSSR count). The Hall–Kier alpha value is -1.54. The Morgan fingerprint density at radius 3 is 2.38 bits per heavy atom. The SMILES string of the molecule is Cn1ccc(-c2ccc(CCl)cc2)cc1=O. The summed E-state index contributed by atoms with van der Waals surface area (Å²) >= 11 is 5.72. The van der Waals surface area contributed by atoms with Crippen molar-refractivity contribution in [1.82, 2.24) is 4.57 Å². The van der Waals surface area contributed by atoms with E-state index in [9.17, 15) is 4.79 Å². The molecule has 2 aromatic rings. The molecule has 0 aliphatic rings. The van der Waals surface area contributed by atoms with Crippen LogP contribution < -0.4 is 5.56 Å². The molecule has 0 aliphatic carbocycles. The van der Waals surface area contributed by atoms with Gasteiger partial charge in [0.25, 0.3) is 5.56 Å². The van der Waals surface area contributed by atoms with Crippen LogP contribution in [-0.4, -0.2) is 4.57 Å². The number of alkyl halides is 1. The summed E-state index contributed by atoms with van der Waals surface area (Å²) in [5.41, 5.74) is 3.05. The maximum atomic E-state index is 11.5. The first kappa shape index (κ1) is 11.0. The van der Waals surface area contributed by atoms with Crippen LogP contribution in [-0.2, 0) is 12.9 Å². The highest BCUT2D eigenvalue weighted by atomic mass is 35.5. The van der Waals surface area contributed by atoms with Gasteiger partial charge in [-0.3, -0.25) is 4.79 Å². The Kier molecular flexibility index (Phi) is 3.11. The van der Waals surface area contributed by atoms with Crippen molar-refractivity contribution in [1.29, 1.82) is 0 Å². The van der Waals surface area contributed by atoms with Crippen LogP contribution in [0.3, 0.4) is 0 Å². The molecule has 0 saturated heterocycles. The zero-order chi connectivity index (χ0) is 11.5. The summed E-state index contributed by atoms with van der Waals surface area (Å²) in [6.07, 6.45) is 1.77. The molecule has 0 unspecified atom stereocenters. The fraction of sp³-hybridized carbons (Fsp3) is 0.154. The molecular weight excluding hydrogens is 222 g/mol. The third-order valence-electron chi connectivity index (χ3n) is 2.55. The molecule has 0 fully saturated rings. The van der Waals surface area contributed by atoms with Crippen molar-refractivity contribution in [3.8, 4) is 11.1 Å². The van der Waals surface area contributed by atoms with Crippen LogP contribution in [0.25, 0.3) is 11.1 Å². The Morgan fingerprint density at radius 1 is 1.12 bits per heavy atom. The minimum Gasteiger partial charge on any atom is -0.319 e. The average molecular weight is 234 g/mol. The summed E-state index contributed by atoms with van der Waals surface area (Å²) in [6.45, 7) is 0. The van der Waals surface area contributed by atoms with Crippen molar-refractivity contribution < 1.29 is 0 Å². The van der Waals surface area contributed by atoms with Crippen LogP contribution in [0.2, 0.25) is 0 Å². The maximum absolute atomic E-state index is 11.5. The largest absolute Gasteiger partial charge is 0.319 e. The molecule has 82 valence electrons. The zero-order valence-corrected chi connectivity index (χ0v) is 9.74. The smallest absolute Gasteiger partial charge is 0.250 e. The predicted molar refractivity (Wildman–Crippen MR) is 66.7 cm³/mol. The lowest BCUT2D eigenvalue weighted by atomic mass is 10.1. The molecule has 0 bridgehead atoms. The van der Waals surface area contributed by atoms with Gasteiger partial charge in [0.2, 0.25) is 0 Å². The molecular formula is C13H12ClNO.